The van der Waals surface area contributed by atoms with Crippen molar-refractivity contribution in [3.63, 3.8) is 0 Å². The average Bonchev–Trinajstić information content (AvgIpc) is 3.13. The van der Waals surface area contributed by atoms with Gasteiger partial charge in [-0.2, -0.15) is 0 Å². The molecule has 0 saturated carbocycles. The van der Waals surface area contributed by atoms with Crippen molar-refractivity contribution in [1.29, 1.82) is 0 Å². The Morgan fingerprint density at radius 2 is 1.55 bits per heavy atom. The number of furan rings is 1. The molecule has 0 bridgehead atoms. The third kappa shape index (κ3) is 3.75. The summed E-state index contributed by atoms with van der Waals surface area (Å²) in [5.74, 6) is 0.163. The number of ether oxygens (including phenoxy) is 1. The molecule has 3 aromatic carbocycles. The molecule has 4 rings (SSSR count). The van der Waals surface area contributed by atoms with E-state index in [9.17, 15) is 9.59 Å². The summed E-state index contributed by atoms with van der Waals surface area (Å²) in [5, 5.41) is 3.53. The summed E-state index contributed by atoms with van der Waals surface area (Å²) in [7, 11) is 0. The van der Waals surface area contributed by atoms with Crippen molar-refractivity contribution in [3.05, 3.63) is 95.7 Å². The number of para-hydroxylation sites is 1. The van der Waals surface area contributed by atoms with Crippen LogP contribution in [0.1, 0.15) is 33.4 Å². The van der Waals surface area contributed by atoms with Crippen LogP contribution in [0, 0.1) is 0 Å². The highest BCUT2D eigenvalue weighted by atomic mass is 16.5. The van der Waals surface area contributed by atoms with Crippen LogP contribution in [-0.4, -0.2) is 18.3 Å². The Labute approximate surface area is 167 Å². The topological polar surface area (TPSA) is 68.5 Å². The Balaban J connectivity index is 1.73. The van der Waals surface area contributed by atoms with E-state index in [2.05, 4.69) is 5.32 Å². The molecule has 1 aromatic heterocycles. The summed E-state index contributed by atoms with van der Waals surface area (Å²) in [4.78, 5) is 25.8. The third-order valence-corrected chi connectivity index (χ3v) is 4.50. The first kappa shape index (κ1) is 18.5. The number of nitrogens with one attached hydrogen (secondary N) is 1. The van der Waals surface area contributed by atoms with Crippen molar-refractivity contribution in [2.24, 2.45) is 0 Å². The van der Waals surface area contributed by atoms with Gasteiger partial charge in [-0.1, -0.05) is 30.3 Å². The van der Waals surface area contributed by atoms with Crippen molar-refractivity contribution in [2.45, 2.75) is 6.92 Å². The Kier molecular flexibility index (Phi) is 5.12. The van der Waals surface area contributed by atoms with Crippen molar-refractivity contribution in [1.82, 2.24) is 0 Å². The van der Waals surface area contributed by atoms with Gasteiger partial charge in [0, 0.05) is 16.5 Å². The molecule has 0 fully saturated rings. The lowest BCUT2D eigenvalue weighted by Crippen LogP contribution is -2.14. The number of fused-ring (bicyclic) bond motifs is 1. The van der Waals surface area contributed by atoms with E-state index in [1.165, 1.54) is 0 Å². The second kappa shape index (κ2) is 8.02. The monoisotopic (exact) mass is 385 g/mol. The zero-order valence-corrected chi connectivity index (χ0v) is 15.8. The van der Waals surface area contributed by atoms with E-state index >= 15 is 0 Å². The fourth-order valence-corrected chi connectivity index (χ4v) is 3.10. The van der Waals surface area contributed by atoms with Crippen LogP contribution in [-0.2, 0) is 0 Å². The largest absolute Gasteiger partial charge is 0.494 e. The van der Waals surface area contributed by atoms with Gasteiger partial charge in [0.1, 0.15) is 11.3 Å². The van der Waals surface area contributed by atoms with Gasteiger partial charge in [-0.15, -0.1) is 0 Å². The zero-order valence-electron chi connectivity index (χ0n) is 15.8. The molecule has 1 N–H and O–H groups in total. The SMILES string of the molecule is CCOc1ccc(C(=O)c2oc3ccccc3c2NC(=O)c2ccccc2)cc1. The molecule has 1 heterocycles. The number of carbonyl (C=O) groups is 2. The number of rotatable bonds is 6. The molecule has 0 aliphatic rings. The standard InChI is InChI=1S/C24H19NO4/c1-2-28-18-14-12-16(13-15-18)22(26)23-21(19-10-6-7-11-20(19)29-23)25-24(27)17-8-4-3-5-9-17/h3-15H,2H2,1H3,(H,25,27). The molecule has 0 radical (unpaired) electrons. The molecule has 1 amide bonds. The van der Waals surface area contributed by atoms with Crippen molar-refractivity contribution < 1.29 is 18.7 Å². The van der Waals surface area contributed by atoms with E-state index in [4.69, 9.17) is 9.15 Å². The summed E-state index contributed by atoms with van der Waals surface area (Å²) >= 11 is 0. The van der Waals surface area contributed by atoms with E-state index in [1.54, 1.807) is 54.6 Å². The minimum atomic E-state index is -0.312. The predicted octanol–water partition coefficient (Wildman–Crippen LogP) is 5.31. The summed E-state index contributed by atoms with van der Waals surface area (Å²) in [6, 6.07) is 22.9. The number of benzene rings is 3. The highest BCUT2D eigenvalue weighted by molar-refractivity contribution is 6.18. The number of ketones is 1. The first-order chi connectivity index (χ1) is 14.2. The van der Waals surface area contributed by atoms with Crippen LogP contribution in [0.4, 0.5) is 5.69 Å². The normalized spacial score (nSPS) is 10.7. The van der Waals surface area contributed by atoms with Crippen molar-refractivity contribution in [2.75, 3.05) is 11.9 Å². The lowest BCUT2D eigenvalue weighted by atomic mass is 10.1. The number of anilines is 1. The first-order valence-corrected chi connectivity index (χ1v) is 9.33. The fourth-order valence-electron chi connectivity index (χ4n) is 3.10. The zero-order chi connectivity index (χ0) is 20.2. The van der Waals surface area contributed by atoms with Gasteiger partial charge >= 0.3 is 0 Å². The van der Waals surface area contributed by atoms with Gasteiger partial charge in [0.2, 0.25) is 5.78 Å². The van der Waals surface area contributed by atoms with E-state index in [0.29, 0.717) is 40.1 Å². The molecule has 5 heteroatoms. The maximum absolute atomic E-state index is 13.1. The number of carbonyl (C=O) groups excluding carboxylic acids is 2. The molecule has 144 valence electrons. The van der Waals surface area contributed by atoms with E-state index < -0.39 is 0 Å². The number of amides is 1. The van der Waals surface area contributed by atoms with Crippen molar-refractivity contribution >= 4 is 28.3 Å². The lowest BCUT2D eigenvalue weighted by molar-refractivity contribution is 0.101. The Bertz CT molecular complexity index is 1160. The van der Waals surface area contributed by atoms with Crippen LogP contribution in [0.3, 0.4) is 0 Å². The van der Waals surface area contributed by atoms with E-state index in [0.717, 1.165) is 0 Å². The van der Waals surface area contributed by atoms with Gasteiger partial charge in [-0.3, -0.25) is 9.59 Å². The van der Waals surface area contributed by atoms with Gasteiger partial charge in [0.25, 0.3) is 5.91 Å². The molecule has 0 saturated heterocycles. The molecule has 0 unspecified atom stereocenters. The maximum atomic E-state index is 13.1. The minimum Gasteiger partial charge on any atom is -0.494 e. The quantitative estimate of drug-likeness (QED) is 0.457. The second-order valence-corrected chi connectivity index (χ2v) is 6.41. The van der Waals surface area contributed by atoms with Crippen LogP contribution in [0.25, 0.3) is 11.0 Å². The van der Waals surface area contributed by atoms with Crippen molar-refractivity contribution in [3.8, 4) is 5.75 Å². The summed E-state index contributed by atoms with van der Waals surface area (Å²) in [6.07, 6.45) is 0. The van der Waals surface area contributed by atoms with Gasteiger partial charge in [0.05, 0.1) is 12.3 Å². The summed E-state index contributed by atoms with van der Waals surface area (Å²) < 4.78 is 11.3. The van der Waals surface area contributed by atoms with Crippen LogP contribution in [0.15, 0.2) is 83.3 Å². The second-order valence-electron chi connectivity index (χ2n) is 6.41. The smallest absolute Gasteiger partial charge is 0.255 e. The van der Waals surface area contributed by atoms with Gasteiger partial charge in [0.15, 0.2) is 5.76 Å². The highest BCUT2D eigenvalue weighted by Gasteiger charge is 2.23. The molecule has 0 aliphatic heterocycles. The molecule has 4 aromatic rings. The molecular weight excluding hydrogens is 366 g/mol. The van der Waals surface area contributed by atoms with E-state index in [1.807, 2.05) is 31.2 Å². The van der Waals surface area contributed by atoms with Crippen LogP contribution in [0.2, 0.25) is 0 Å². The van der Waals surface area contributed by atoms with E-state index in [-0.39, 0.29) is 17.5 Å². The Morgan fingerprint density at radius 3 is 2.28 bits per heavy atom. The van der Waals surface area contributed by atoms with Crippen LogP contribution < -0.4 is 10.1 Å². The van der Waals surface area contributed by atoms with Gasteiger partial charge in [-0.05, 0) is 55.5 Å². The first-order valence-electron chi connectivity index (χ1n) is 9.33. The Morgan fingerprint density at radius 1 is 0.862 bits per heavy atom. The minimum absolute atomic E-state index is 0.0969. The van der Waals surface area contributed by atoms with Crippen LogP contribution >= 0.6 is 0 Å². The lowest BCUT2D eigenvalue weighted by Gasteiger charge is -2.07. The number of hydrogen-bond donors (Lipinski definition) is 1. The van der Waals surface area contributed by atoms with Gasteiger partial charge in [-0.25, -0.2) is 0 Å². The third-order valence-electron chi connectivity index (χ3n) is 4.50. The Hall–Kier alpha value is -3.86. The summed E-state index contributed by atoms with van der Waals surface area (Å²) in [6.45, 7) is 2.45. The number of hydrogen-bond acceptors (Lipinski definition) is 4. The molecule has 0 atom stereocenters. The summed E-state index contributed by atoms with van der Waals surface area (Å²) in [5.41, 5.74) is 1.85. The highest BCUT2D eigenvalue weighted by Crippen LogP contribution is 2.33. The van der Waals surface area contributed by atoms with Gasteiger partial charge < -0.3 is 14.5 Å². The van der Waals surface area contributed by atoms with Crippen LogP contribution in [0.5, 0.6) is 5.75 Å². The predicted molar refractivity (Wildman–Crippen MR) is 112 cm³/mol. The molecule has 5 nitrogen and oxygen atoms in total. The molecule has 0 aliphatic carbocycles. The average molecular weight is 385 g/mol. The molecule has 0 spiro atoms. The maximum Gasteiger partial charge on any atom is 0.255 e. The molecule has 29 heavy (non-hydrogen) atoms. The fraction of sp³-hybridized carbons (Fsp3) is 0.0833. The molecular formula is C24H19NO4.